The number of benzene rings is 2. The number of nitrogens with one attached hydrogen (secondary N) is 1. The maximum absolute atomic E-state index is 14.6. The van der Waals surface area contributed by atoms with Gasteiger partial charge in [0.1, 0.15) is 12.1 Å². The third-order valence-electron chi connectivity index (χ3n) is 4.71. The first kappa shape index (κ1) is 20.1. The molecule has 1 aliphatic rings. The molecule has 0 spiro atoms. The van der Waals surface area contributed by atoms with Crippen LogP contribution in [0.2, 0.25) is 0 Å². The molecule has 3 rings (SSSR count). The molecule has 1 unspecified atom stereocenters. The molecule has 9 heteroatoms. The number of nitrogens with two attached hydrogens (primary N) is 1. The van der Waals surface area contributed by atoms with E-state index in [-0.39, 0.29) is 28.6 Å². The fourth-order valence-electron chi connectivity index (χ4n) is 3.39. The second-order valence-electron chi connectivity index (χ2n) is 6.54. The highest BCUT2D eigenvalue weighted by Gasteiger charge is 2.30. The minimum atomic E-state index is -3.97. The number of anilines is 1. The lowest BCUT2D eigenvalue weighted by Crippen LogP contribution is -2.40. The van der Waals surface area contributed by atoms with Crippen molar-refractivity contribution in [1.82, 2.24) is 4.90 Å². The van der Waals surface area contributed by atoms with Crippen molar-refractivity contribution in [2.24, 2.45) is 5.14 Å². The smallest absolute Gasteiger partial charge is 0.241 e. The van der Waals surface area contributed by atoms with Crippen LogP contribution in [-0.4, -0.2) is 44.6 Å². The molecule has 1 saturated heterocycles. The van der Waals surface area contributed by atoms with Crippen LogP contribution in [-0.2, 0) is 19.6 Å². The average Bonchev–Trinajstić information content (AvgIpc) is 3.11. The second kappa shape index (κ2) is 8.17. The minimum absolute atomic E-state index is 0.0141. The van der Waals surface area contributed by atoms with Crippen LogP contribution < -0.4 is 10.5 Å². The molecule has 3 N–H and O–H groups in total. The molecular formula is C19H20FN3O4S. The van der Waals surface area contributed by atoms with Crippen LogP contribution in [0.5, 0.6) is 0 Å². The molecule has 1 aliphatic heterocycles. The Morgan fingerprint density at radius 3 is 2.71 bits per heavy atom. The van der Waals surface area contributed by atoms with Gasteiger partial charge in [0.15, 0.2) is 0 Å². The monoisotopic (exact) mass is 405 g/mol. The number of carbonyl (C=O) groups excluding carboxylic acids is 2. The number of aldehydes is 1. The van der Waals surface area contributed by atoms with Gasteiger partial charge in [0.2, 0.25) is 15.9 Å². The Morgan fingerprint density at radius 1 is 1.29 bits per heavy atom. The van der Waals surface area contributed by atoms with Gasteiger partial charge < -0.3 is 10.1 Å². The van der Waals surface area contributed by atoms with Gasteiger partial charge in [0.05, 0.1) is 23.2 Å². The summed E-state index contributed by atoms with van der Waals surface area (Å²) in [6.45, 7) is 0.798. The Labute approximate surface area is 162 Å². The zero-order valence-corrected chi connectivity index (χ0v) is 15.8. The minimum Gasteiger partial charge on any atom is -0.322 e. The largest absolute Gasteiger partial charge is 0.322 e. The van der Waals surface area contributed by atoms with E-state index in [2.05, 4.69) is 5.32 Å². The topological polar surface area (TPSA) is 110 Å². The lowest BCUT2D eigenvalue weighted by molar-refractivity contribution is -0.120. The van der Waals surface area contributed by atoms with Crippen molar-refractivity contribution < 1.29 is 22.4 Å². The number of sulfonamides is 1. The van der Waals surface area contributed by atoms with Crippen molar-refractivity contribution >= 4 is 27.9 Å². The van der Waals surface area contributed by atoms with Gasteiger partial charge in [-0.2, -0.15) is 0 Å². The quantitative estimate of drug-likeness (QED) is 0.712. The summed E-state index contributed by atoms with van der Waals surface area (Å²) in [6, 6.07) is 9.59. The number of nitrogens with zero attached hydrogens (tertiary/aromatic N) is 1. The zero-order chi connectivity index (χ0) is 20.3. The molecule has 148 valence electrons. The molecule has 0 aliphatic carbocycles. The van der Waals surface area contributed by atoms with Crippen molar-refractivity contribution in [1.29, 1.82) is 0 Å². The Hall–Kier alpha value is -2.62. The average molecular weight is 405 g/mol. The maximum atomic E-state index is 14.6. The van der Waals surface area contributed by atoms with E-state index in [1.165, 1.54) is 30.3 Å². The predicted molar refractivity (Wildman–Crippen MR) is 102 cm³/mol. The molecule has 0 aromatic heterocycles. The summed E-state index contributed by atoms with van der Waals surface area (Å²) >= 11 is 0. The molecule has 2 aromatic rings. The van der Waals surface area contributed by atoms with Gasteiger partial charge in [-0.3, -0.25) is 9.69 Å². The van der Waals surface area contributed by atoms with Crippen LogP contribution in [0.25, 0.3) is 11.1 Å². The highest BCUT2D eigenvalue weighted by molar-refractivity contribution is 7.89. The number of likely N-dealkylation sites (tertiary alicyclic amines) is 1. The number of hydrogen-bond acceptors (Lipinski definition) is 5. The van der Waals surface area contributed by atoms with Gasteiger partial charge in [0.25, 0.3) is 0 Å². The highest BCUT2D eigenvalue weighted by atomic mass is 32.2. The molecule has 7 nitrogen and oxygen atoms in total. The third-order valence-corrected chi connectivity index (χ3v) is 5.68. The van der Waals surface area contributed by atoms with E-state index in [4.69, 9.17) is 5.14 Å². The molecule has 28 heavy (non-hydrogen) atoms. The van der Waals surface area contributed by atoms with Crippen LogP contribution in [0.4, 0.5) is 10.1 Å². The molecule has 1 heterocycles. The standard InChI is InChI=1S/C19H20FN3O4S/c20-15-12-13(14-4-1-2-6-18(14)28(21,26)27)7-8-16(15)22-19(25)17-5-3-9-23(17)10-11-24/h1-2,4,6-8,11-12,17H,3,5,9-10H2,(H,22,25)(H2,21,26,27). The van der Waals surface area contributed by atoms with Gasteiger partial charge in [-0.25, -0.2) is 17.9 Å². The van der Waals surface area contributed by atoms with E-state index in [0.29, 0.717) is 18.5 Å². The number of amides is 1. The Bertz CT molecular complexity index is 1010. The van der Waals surface area contributed by atoms with E-state index in [1.807, 2.05) is 0 Å². The number of hydrogen-bond donors (Lipinski definition) is 2. The number of rotatable bonds is 6. The van der Waals surface area contributed by atoms with Crippen LogP contribution in [0, 0.1) is 5.82 Å². The van der Waals surface area contributed by atoms with Crippen molar-refractivity contribution in [2.75, 3.05) is 18.4 Å². The predicted octanol–water partition coefficient (Wildman–Crippen LogP) is 1.74. The number of halogens is 1. The van der Waals surface area contributed by atoms with Crippen molar-refractivity contribution in [2.45, 2.75) is 23.8 Å². The van der Waals surface area contributed by atoms with E-state index < -0.39 is 21.9 Å². The summed E-state index contributed by atoms with van der Waals surface area (Å²) in [5.74, 6) is -1.08. The lowest BCUT2D eigenvalue weighted by Gasteiger charge is -2.21. The number of primary sulfonamides is 1. The fraction of sp³-hybridized carbons (Fsp3) is 0.263. The Balaban J connectivity index is 1.84. The molecule has 1 atom stereocenters. The molecule has 0 bridgehead atoms. The van der Waals surface area contributed by atoms with Crippen LogP contribution in [0.1, 0.15) is 12.8 Å². The summed E-state index contributed by atoms with van der Waals surface area (Å²) in [4.78, 5) is 24.8. The normalized spacial score (nSPS) is 17.4. The lowest BCUT2D eigenvalue weighted by atomic mass is 10.0. The zero-order valence-electron chi connectivity index (χ0n) is 15.0. The van der Waals surface area contributed by atoms with E-state index in [0.717, 1.165) is 18.8 Å². The second-order valence-corrected chi connectivity index (χ2v) is 8.07. The highest BCUT2D eigenvalue weighted by Crippen LogP contribution is 2.29. The summed E-state index contributed by atoms with van der Waals surface area (Å²) in [6.07, 6.45) is 2.13. The van der Waals surface area contributed by atoms with Crippen LogP contribution >= 0.6 is 0 Å². The summed E-state index contributed by atoms with van der Waals surface area (Å²) in [7, 11) is -3.97. The van der Waals surface area contributed by atoms with Gasteiger partial charge in [-0.1, -0.05) is 24.3 Å². The summed E-state index contributed by atoms with van der Waals surface area (Å²) < 4.78 is 38.1. The Kier molecular flexibility index (Phi) is 5.87. The van der Waals surface area contributed by atoms with Gasteiger partial charge >= 0.3 is 0 Å². The first-order valence-corrected chi connectivity index (χ1v) is 10.3. The van der Waals surface area contributed by atoms with Gasteiger partial charge in [-0.05, 0) is 43.1 Å². The van der Waals surface area contributed by atoms with Crippen molar-refractivity contribution in [3.8, 4) is 11.1 Å². The first-order chi connectivity index (χ1) is 13.3. The Morgan fingerprint density at radius 2 is 2.04 bits per heavy atom. The molecule has 1 fully saturated rings. The van der Waals surface area contributed by atoms with E-state index in [9.17, 15) is 22.4 Å². The van der Waals surface area contributed by atoms with E-state index in [1.54, 1.807) is 11.0 Å². The van der Waals surface area contributed by atoms with Crippen LogP contribution in [0.15, 0.2) is 47.4 Å². The molecular weight excluding hydrogens is 385 g/mol. The first-order valence-electron chi connectivity index (χ1n) is 8.71. The fourth-order valence-corrected chi connectivity index (χ4v) is 4.15. The summed E-state index contributed by atoms with van der Waals surface area (Å²) in [5, 5.41) is 7.78. The molecule has 2 aromatic carbocycles. The molecule has 0 radical (unpaired) electrons. The SMILES string of the molecule is NS(=O)(=O)c1ccccc1-c1ccc(NC(=O)C2CCCN2CC=O)c(F)c1. The van der Waals surface area contributed by atoms with Crippen LogP contribution in [0.3, 0.4) is 0 Å². The van der Waals surface area contributed by atoms with Gasteiger partial charge in [-0.15, -0.1) is 0 Å². The summed E-state index contributed by atoms with van der Waals surface area (Å²) in [5.41, 5.74) is 0.582. The van der Waals surface area contributed by atoms with Gasteiger partial charge in [0, 0.05) is 5.56 Å². The third kappa shape index (κ3) is 4.27. The van der Waals surface area contributed by atoms with Crippen molar-refractivity contribution in [3.05, 3.63) is 48.3 Å². The van der Waals surface area contributed by atoms with Crippen molar-refractivity contribution in [3.63, 3.8) is 0 Å². The molecule has 1 amide bonds. The maximum Gasteiger partial charge on any atom is 0.241 e. The van der Waals surface area contributed by atoms with E-state index >= 15 is 0 Å². The molecule has 0 saturated carbocycles. The number of carbonyl (C=O) groups is 2.